The van der Waals surface area contributed by atoms with Crippen molar-refractivity contribution in [3.63, 3.8) is 0 Å². The summed E-state index contributed by atoms with van der Waals surface area (Å²) in [7, 11) is 0. The molecule has 0 saturated carbocycles. The molecule has 15 heavy (non-hydrogen) atoms. The molecule has 2 atom stereocenters. The number of hydrogen-bond acceptors (Lipinski definition) is 6. The molecule has 1 aromatic heterocycles. The number of nitrogens with zero attached hydrogens (tertiary/aromatic N) is 3. The zero-order valence-corrected chi connectivity index (χ0v) is 10.5. The maximum atomic E-state index is 5.34. The van der Waals surface area contributed by atoms with Gasteiger partial charge in [0.1, 0.15) is 0 Å². The zero-order valence-electron chi connectivity index (χ0n) is 8.85. The molecule has 2 N–H and O–H groups in total. The Bertz CT molecular complexity index is 307. The number of thioether (sulfide) groups is 1. The molecule has 0 bridgehead atoms. The molecule has 0 amide bonds. The van der Waals surface area contributed by atoms with Crippen LogP contribution in [0.2, 0.25) is 0 Å². The molecule has 4 nitrogen and oxygen atoms in total. The highest BCUT2D eigenvalue weighted by molar-refractivity contribution is 8.01. The van der Waals surface area contributed by atoms with Gasteiger partial charge in [0.2, 0.25) is 5.13 Å². The van der Waals surface area contributed by atoms with Crippen LogP contribution in [0.4, 0.5) is 5.13 Å². The minimum absolute atomic E-state index is 0.547. The van der Waals surface area contributed by atoms with Crippen LogP contribution in [0.25, 0.3) is 0 Å². The van der Waals surface area contributed by atoms with E-state index in [1.165, 1.54) is 37.3 Å². The first-order valence-electron chi connectivity index (χ1n) is 5.25. The number of fused-ring (bicyclic) bond motifs is 1. The van der Waals surface area contributed by atoms with Crippen molar-refractivity contribution >= 4 is 28.2 Å². The van der Waals surface area contributed by atoms with E-state index in [1.54, 1.807) is 11.8 Å². The van der Waals surface area contributed by atoms with Gasteiger partial charge in [-0.3, -0.25) is 4.90 Å². The molecular formula is C9H16N4S2. The molecule has 2 saturated heterocycles. The average Bonchev–Trinajstić information content (AvgIpc) is 2.63. The number of piperidine rings is 1. The zero-order chi connectivity index (χ0) is 10.7. The Morgan fingerprint density at radius 1 is 1.60 bits per heavy atom. The van der Waals surface area contributed by atoms with Crippen molar-refractivity contribution in [2.45, 2.75) is 30.1 Å². The highest BCUT2D eigenvalue weighted by Crippen LogP contribution is 2.28. The maximum absolute atomic E-state index is 5.34. The lowest BCUT2D eigenvalue weighted by atomic mass is 10.3. The second-order valence-corrected chi connectivity index (χ2v) is 6.15. The SMILES string of the molecule is C1CC2CN2C1.CCSc1nnc(N)s1. The fraction of sp³-hybridized carbons (Fsp3) is 0.778. The third kappa shape index (κ3) is 3.32. The molecule has 0 aromatic carbocycles. The van der Waals surface area contributed by atoms with Crippen molar-refractivity contribution in [1.82, 2.24) is 15.1 Å². The lowest BCUT2D eigenvalue weighted by molar-refractivity contribution is 0.593. The van der Waals surface area contributed by atoms with E-state index in [0.29, 0.717) is 5.13 Å². The number of nitrogens with two attached hydrogens (primary N) is 1. The number of aromatic nitrogens is 2. The Morgan fingerprint density at radius 2 is 2.47 bits per heavy atom. The van der Waals surface area contributed by atoms with Gasteiger partial charge in [0, 0.05) is 12.6 Å². The van der Waals surface area contributed by atoms with Gasteiger partial charge in [0.05, 0.1) is 0 Å². The number of rotatable bonds is 2. The standard InChI is InChI=1S/C5H9N.C4H7N3S2/c1-2-5-4-6(5)3-1;1-2-8-4-7-6-3(5)9-4/h5H,1-4H2;2H2,1H3,(H2,5,6). The van der Waals surface area contributed by atoms with Crippen LogP contribution in [-0.2, 0) is 0 Å². The van der Waals surface area contributed by atoms with Crippen LogP contribution in [0.15, 0.2) is 4.34 Å². The Morgan fingerprint density at radius 3 is 2.80 bits per heavy atom. The van der Waals surface area contributed by atoms with Gasteiger partial charge >= 0.3 is 0 Å². The van der Waals surface area contributed by atoms with E-state index in [-0.39, 0.29) is 0 Å². The largest absolute Gasteiger partial charge is 0.374 e. The normalized spacial score (nSPS) is 26.7. The molecule has 3 heterocycles. The summed E-state index contributed by atoms with van der Waals surface area (Å²) < 4.78 is 0.954. The predicted octanol–water partition coefficient (Wildman–Crippen LogP) is 1.70. The maximum Gasteiger partial charge on any atom is 0.203 e. The lowest BCUT2D eigenvalue weighted by Gasteiger charge is -1.83. The first-order valence-corrected chi connectivity index (χ1v) is 7.05. The van der Waals surface area contributed by atoms with Crippen molar-refractivity contribution in [3.8, 4) is 0 Å². The smallest absolute Gasteiger partial charge is 0.203 e. The van der Waals surface area contributed by atoms with Crippen molar-refractivity contribution in [2.75, 3.05) is 24.6 Å². The van der Waals surface area contributed by atoms with Gasteiger partial charge in [-0.2, -0.15) is 0 Å². The second kappa shape index (κ2) is 5.14. The summed E-state index contributed by atoms with van der Waals surface area (Å²) in [5.74, 6) is 1.02. The van der Waals surface area contributed by atoms with Crippen LogP contribution >= 0.6 is 23.1 Å². The van der Waals surface area contributed by atoms with Crippen LogP contribution in [0, 0.1) is 0 Å². The molecule has 6 heteroatoms. The van der Waals surface area contributed by atoms with Crippen molar-refractivity contribution in [2.24, 2.45) is 0 Å². The Labute approximate surface area is 98.3 Å². The van der Waals surface area contributed by atoms with Crippen LogP contribution in [0.3, 0.4) is 0 Å². The summed E-state index contributed by atoms with van der Waals surface area (Å²) in [6, 6.07) is 1.05. The second-order valence-electron chi connectivity index (χ2n) is 3.63. The van der Waals surface area contributed by atoms with Gasteiger partial charge in [-0.15, -0.1) is 10.2 Å². The summed E-state index contributed by atoms with van der Waals surface area (Å²) in [6.07, 6.45) is 2.95. The summed E-state index contributed by atoms with van der Waals surface area (Å²) in [6.45, 7) is 4.88. The molecule has 3 rings (SSSR count). The van der Waals surface area contributed by atoms with Gasteiger partial charge < -0.3 is 5.73 Å². The van der Waals surface area contributed by atoms with Crippen LogP contribution in [-0.4, -0.2) is 40.0 Å². The topological polar surface area (TPSA) is 54.8 Å². The quantitative estimate of drug-likeness (QED) is 0.634. The van der Waals surface area contributed by atoms with E-state index in [4.69, 9.17) is 5.73 Å². The fourth-order valence-corrected chi connectivity index (χ4v) is 3.24. The molecule has 0 spiro atoms. The van der Waals surface area contributed by atoms with Gasteiger partial charge in [-0.25, -0.2) is 0 Å². The van der Waals surface area contributed by atoms with Crippen LogP contribution in [0.1, 0.15) is 19.8 Å². The van der Waals surface area contributed by atoms with Gasteiger partial charge in [-0.1, -0.05) is 30.0 Å². The summed E-state index contributed by atoms with van der Waals surface area (Å²) in [5, 5.41) is 8.02. The Kier molecular flexibility index (Phi) is 3.82. The Balaban J connectivity index is 0.000000121. The summed E-state index contributed by atoms with van der Waals surface area (Å²) >= 11 is 3.09. The molecular weight excluding hydrogens is 228 g/mol. The monoisotopic (exact) mass is 244 g/mol. The third-order valence-electron chi connectivity index (χ3n) is 2.50. The fourth-order valence-electron chi connectivity index (χ4n) is 1.70. The predicted molar refractivity (Wildman–Crippen MR) is 65.3 cm³/mol. The first-order chi connectivity index (χ1) is 7.29. The highest BCUT2D eigenvalue weighted by Gasteiger charge is 2.37. The van der Waals surface area contributed by atoms with Crippen molar-refractivity contribution < 1.29 is 0 Å². The molecule has 1 aromatic rings. The van der Waals surface area contributed by atoms with E-state index in [9.17, 15) is 0 Å². The van der Waals surface area contributed by atoms with E-state index in [0.717, 1.165) is 16.1 Å². The molecule has 2 unspecified atom stereocenters. The van der Waals surface area contributed by atoms with Crippen LogP contribution < -0.4 is 5.73 Å². The average molecular weight is 244 g/mol. The highest BCUT2D eigenvalue weighted by atomic mass is 32.2. The number of hydrogen-bond donors (Lipinski definition) is 1. The van der Waals surface area contributed by atoms with Crippen molar-refractivity contribution in [3.05, 3.63) is 0 Å². The van der Waals surface area contributed by atoms with E-state index in [1.807, 2.05) is 0 Å². The van der Waals surface area contributed by atoms with Gasteiger partial charge in [-0.05, 0) is 25.1 Å². The number of nitrogen functional groups attached to an aromatic ring is 1. The molecule has 2 aliphatic heterocycles. The van der Waals surface area contributed by atoms with Gasteiger partial charge in [0.25, 0.3) is 0 Å². The summed E-state index contributed by atoms with van der Waals surface area (Å²) in [5.41, 5.74) is 5.34. The molecule has 2 aliphatic rings. The number of anilines is 1. The van der Waals surface area contributed by atoms with Gasteiger partial charge in [0.15, 0.2) is 4.34 Å². The Hall–Kier alpha value is -0.330. The first kappa shape index (κ1) is 11.2. The summed E-state index contributed by atoms with van der Waals surface area (Å²) in [4.78, 5) is 2.53. The molecule has 2 fully saturated rings. The molecule has 84 valence electrons. The minimum atomic E-state index is 0.547. The third-order valence-corrected chi connectivity index (χ3v) is 4.27. The van der Waals surface area contributed by atoms with E-state index in [2.05, 4.69) is 22.0 Å². The van der Waals surface area contributed by atoms with Crippen molar-refractivity contribution in [1.29, 1.82) is 0 Å². The molecule has 0 aliphatic carbocycles. The van der Waals surface area contributed by atoms with E-state index >= 15 is 0 Å². The van der Waals surface area contributed by atoms with E-state index < -0.39 is 0 Å². The van der Waals surface area contributed by atoms with Crippen LogP contribution in [0.5, 0.6) is 0 Å². The lowest BCUT2D eigenvalue weighted by Crippen LogP contribution is -1.90. The molecule has 0 radical (unpaired) electrons. The minimum Gasteiger partial charge on any atom is -0.374 e.